The van der Waals surface area contributed by atoms with Crippen LogP contribution in [-0.2, 0) is 9.59 Å². The van der Waals surface area contributed by atoms with Gasteiger partial charge in [-0.05, 0) is 26.7 Å². The molecule has 0 aromatic heterocycles. The van der Waals surface area contributed by atoms with Crippen LogP contribution in [0.1, 0.15) is 33.6 Å². The van der Waals surface area contributed by atoms with Crippen molar-refractivity contribution >= 4 is 23.6 Å². The fourth-order valence-electron chi connectivity index (χ4n) is 4.36. The first-order chi connectivity index (χ1) is 11.7. The van der Waals surface area contributed by atoms with E-state index < -0.39 is 18.0 Å². The van der Waals surface area contributed by atoms with Gasteiger partial charge in [0.15, 0.2) is 0 Å². The summed E-state index contributed by atoms with van der Waals surface area (Å²) in [5.74, 6) is -1.91. The second-order valence-corrected chi connectivity index (χ2v) is 8.91. The number of nitrogens with two attached hydrogens (primary N) is 1. The Bertz CT molecular complexity index is 607. The molecule has 0 bridgehead atoms. The lowest BCUT2D eigenvalue weighted by molar-refractivity contribution is -0.163. The highest BCUT2D eigenvalue weighted by atomic mass is 32.2. The molecule has 7 nitrogen and oxygen atoms in total. The van der Waals surface area contributed by atoms with Gasteiger partial charge < -0.3 is 26.2 Å². The predicted octanol–water partition coefficient (Wildman–Crippen LogP) is 0.341. The molecule has 5 N–H and O–H groups in total. The fourth-order valence-corrected chi connectivity index (χ4v) is 5.88. The molecule has 25 heavy (non-hydrogen) atoms. The van der Waals surface area contributed by atoms with Gasteiger partial charge in [-0.1, -0.05) is 6.92 Å². The van der Waals surface area contributed by atoms with Crippen molar-refractivity contribution in [1.29, 1.82) is 0 Å². The molecule has 0 aliphatic carbocycles. The van der Waals surface area contributed by atoms with Crippen molar-refractivity contribution in [3.8, 4) is 0 Å². The Labute approximate surface area is 152 Å². The number of hydrogen-bond acceptors (Lipinski definition) is 6. The van der Waals surface area contributed by atoms with Crippen LogP contribution in [0.15, 0.2) is 10.6 Å². The molecule has 3 aliphatic heterocycles. The third-order valence-electron chi connectivity index (χ3n) is 5.44. The molecule has 0 saturated carbocycles. The van der Waals surface area contributed by atoms with E-state index in [1.807, 2.05) is 13.8 Å². The summed E-state index contributed by atoms with van der Waals surface area (Å²) in [7, 11) is 0. The predicted molar refractivity (Wildman–Crippen MR) is 95.7 cm³/mol. The molecule has 0 radical (unpaired) electrons. The third-order valence-corrected chi connectivity index (χ3v) is 6.95. The number of carboxylic acids is 1. The standard InChI is InChI=1S/C17H27N3O4S/c1-7(18)4-10-5-11(6-19-10)25-15-8(2)13-12(9(3)21)16(22)20(13)14(15)17(23)24/h7-13,19,21H,4-6,18H2,1-3H3,(H,23,24)/t7?,8-,9-,10-,11+,12-,13-/m1/s1. The molecule has 1 unspecified atom stereocenters. The number of thioether (sulfide) groups is 1. The highest BCUT2D eigenvalue weighted by Gasteiger charge is 2.60. The second kappa shape index (κ2) is 6.90. The zero-order valence-corrected chi connectivity index (χ0v) is 15.6. The zero-order chi connectivity index (χ0) is 18.5. The summed E-state index contributed by atoms with van der Waals surface area (Å²) in [5, 5.41) is 23.3. The van der Waals surface area contributed by atoms with Crippen LogP contribution in [0.3, 0.4) is 0 Å². The van der Waals surface area contributed by atoms with E-state index in [4.69, 9.17) is 5.73 Å². The first kappa shape index (κ1) is 18.7. The number of rotatable bonds is 6. The van der Waals surface area contributed by atoms with Gasteiger partial charge in [-0.25, -0.2) is 4.79 Å². The van der Waals surface area contributed by atoms with Crippen molar-refractivity contribution in [3.05, 3.63) is 10.6 Å². The first-order valence-electron chi connectivity index (χ1n) is 8.86. The van der Waals surface area contributed by atoms with Crippen LogP contribution in [0.5, 0.6) is 0 Å². The largest absolute Gasteiger partial charge is 0.477 e. The molecule has 2 fully saturated rings. The lowest BCUT2D eigenvalue weighted by Gasteiger charge is -2.46. The maximum Gasteiger partial charge on any atom is 0.353 e. The number of carbonyl (C=O) groups is 2. The van der Waals surface area contributed by atoms with Gasteiger partial charge in [-0.2, -0.15) is 0 Å². The summed E-state index contributed by atoms with van der Waals surface area (Å²) in [6, 6.07) is 0.245. The minimum absolute atomic E-state index is 0.0686. The highest BCUT2D eigenvalue weighted by molar-refractivity contribution is 8.03. The molecule has 1 amide bonds. The molecule has 0 spiro atoms. The summed E-state index contributed by atoms with van der Waals surface area (Å²) in [5.41, 5.74) is 5.98. The molecule has 140 valence electrons. The second-order valence-electron chi connectivity index (χ2n) is 7.57. The van der Waals surface area contributed by atoms with E-state index in [0.717, 1.165) is 24.3 Å². The summed E-state index contributed by atoms with van der Waals surface area (Å²) in [4.78, 5) is 26.3. The molecular weight excluding hydrogens is 342 g/mol. The Morgan fingerprint density at radius 1 is 1.48 bits per heavy atom. The van der Waals surface area contributed by atoms with E-state index in [1.54, 1.807) is 18.7 Å². The number of carboxylic acid groups (broad SMARTS) is 1. The molecule has 3 aliphatic rings. The lowest BCUT2D eigenvalue weighted by atomic mass is 9.79. The van der Waals surface area contributed by atoms with Gasteiger partial charge in [0.1, 0.15) is 5.70 Å². The van der Waals surface area contributed by atoms with E-state index >= 15 is 0 Å². The van der Waals surface area contributed by atoms with Crippen LogP contribution in [-0.4, -0.2) is 63.0 Å². The topological polar surface area (TPSA) is 116 Å². The molecule has 2 saturated heterocycles. The molecule has 3 rings (SSSR count). The molecule has 7 atom stereocenters. The van der Waals surface area contributed by atoms with Crippen LogP contribution >= 0.6 is 11.8 Å². The number of aliphatic hydroxyl groups is 1. The van der Waals surface area contributed by atoms with Crippen LogP contribution in [0, 0.1) is 11.8 Å². The molecule has 0 aromatic carbocycles. The number of carbonyl (C=O) groups excluding carboxylic acids is 1. The minimum Gasteiger partial charge on any atom is -0.477 e. The lowest BCUT2D eigenvalue weighted by Crippen LogP contribution is -2.63. The Kier molecular flexibility index (Phi) is 5.16. The Morgan fingerprint density at radius 3 is 2.72 bits per heavy atom. The van der Waals surface area contributed by atoms with Gasteiger partial charge in [0.05, 0.1) is 18.1 Å². The van der Waals surface area contributed by atoms with E-state index in [0.29, 0.717) is 6.04 Å². The Hall–Kier alpha value is -1.09. The van der Waals surface area contributed by atoms with Gasteiger partial charge in [0, 0.05) is 34.7 Å². The number of amides is 1. The number of nitrogens with zero attached hydrogens (tertiary/aromatic N) is 1. The van der Waals surface area contributed by atoms with Gasteiger partial charge in [0.2, 0.25) is 5.91 Å². The number of aliphatic carboxylic acids is 1. The molecular formula is C17H27N3O4S. The van der Waals surface area contributed by atoms with Crippen LogP contribution < -0.4 is 11.1 Å². The number of aliphatic hydroxyl groups excluding tert-OH is 1. The fraction of sp³-hybridized carbons (Fsp3) is 0.765. The van der Waals surface area contributed by atoms with Gasteiger partial charge >= 0.3 is 5.97 Å². The highest BCUT2D eigenvalue weighted by Crippen LogP contribution is 2.51. The van der Waals surface area contributed by atoms with E-state index in [1.165, 1.54) is 4.90 Å². The Balaban J connectivity index is 1.76. The summed E-state index contributed by atoms with van der Waals surface area (Å²) >= 11 is 1.57. The normalized spacial score (nSPS) is 37.1. The minimum atomic E-state index is -1.06. The van der Waals surface area contributed by atoms with Crippen LogP contribution in [0.25, 0.3) is 0 Å². The quantitative estimate of drug-likeness (QED) is 0.499. The van der Waals surface area contributed by atoms with Crippen molar-refractivity contribution in [1.82, 2.24) is 10.2 Å². The summed E-state index contributed by atoms with van der Waals surface area (Å²) in [6.45, 7) is 6.35. The van der Waals surface area contributed by atoms with Crippen LogP contribution in [0.4, 0.5) is 0 Å². The molecule has 0 aromatic rings. The smallest absolute Gasteiger partial charge is 0.353 e. The van der Waals surface area contributed by atoms with Crippen molar-refractivity contribution in [2.75, 3.05) is 6.54 Å². The van der Waals surface area contributed by atoms with Crippen molar-refractivity contribution < 1.29 is 19.8 Å². The third kappa shape index (κ3) is 3.20. The number of β-lactam (4-membered cyclic amide) rings is 1. The van der Waals surface area contributed by atoms with Crippen molar-refractivity contribution in [3.63, 3.8) is 0 Å². The van der Waals surface area contributed by atoms with Crippen molar-refractivity contribution in [2.24, 2.45) is 17.6 Å². The monoisotopic (exact) mass is 369 g/mol. The van der Waals surface area contributed by atoms with E-state index in [2.05, 4.69) is 5.32 Å². The number of nitrogens with one attached hydrogen (secondary N) is 1. The maximum absolute atomic E-state index is 12.3. The van der Waals surface area contributed by atoms with E-state index in [9.17, 15) is 19.8 Å². The van der Waals surface area contributed by atoms with Gasteiger partial charge in [-0.15, -0.1) is 11.8 Å². The van der Waals surface area contributed by atoms with E-state index in [-0.39, 0.29) is 34.9 Å². The van der Waals surface area contributed by atoms with Gasteiger partial charge in [0.25, 0.3) is 0 Å². The summed E-state index contributed by atoms with van der Waals surface area (Å²) < 4.78 is 0. The van der Waals surface area contributed by atoms with Gasteiger partial charge in [-0.3, -0.25) is 4.79 Å². The Morgan fingerprint density at radius 2 is 2.16 bits per heavy atom. The SMILES string of the molecule is CC(N)C[C@@H]1C[C@H](SC2=C(C(=O)O)N3C(=O)[C@H]([C@@H](C)O)[C@H]3[C@H]2C)CN1. The average Bonchev–Trinajstić information content (AvgIpc) is 3.01. The zero-order valence-electron chi connectivity index (χ0n) is 14.8. The maximum atomic E-state index is 12.3. The molecule has 3 heterocycles. The number of fused-ring (bicyclic) bond motifs is 1. The molecule has 8 heteroatoms. The van der Waals surface area contributed by atoms with Crippen molar-refractivity contribution in [2.45, 2.75) is 63.1 Å². The number of hydrogen-bond donors (Lipinski definition) is 4. The first-order valence-corrected chi connectivity index (χ1v) is 9.74. The summed E-state index contributed by atoms with van der Waals surface area (Å²) in [6.07, 6.45) is 1.07. The van der Waals surface area contributed by atoms with Crippen LogP contribution in [0.2, 0.25) is 0 Å². The average molecular weight is 369 g/mol.